The summed E-state index contributed by atoms with van der Waals surface area (Å²) < 4.78 is 0. The SMILES string of the molecule is [Ag].[Cu].[Ni].[SnH4].[Zn]. The normalized spacial score (nSPS) is 0. The summed E-state index contributed by atoms with van der Waals surface area (Å²) in [7, 11) is 0. The maximum atomic E-state index is 0. The molecule has 0 aromatic rings. The molecule has 5 heteroatoms. The summed E-state index contributed by atoms with van der Waals surface area (Å²) in [5.41, 5.74) is 0. The van der Waals surface area contributed by atoms with Crippen LogP contribution in [0.15, 0.2) is 0 Å². The van der Waals surface area contributed by atoms with Gasteiger partial charge in [0.15, 0.2) is 0 Å². The van der Waals surface area contributed by atoms with Gasteiger partial charge in [0.2, 0.25) is 0 Å². The Balaban J connectivity index is 0. The fraction of sp³-hybridized carbons (Fsp3) is 0. The Bertz CT molecular complexity index is 11.6. The second-order valence-electron chi connectivity index (χ2n) is 0. The standard InChI is InChI=1S/Ag.Cu.Ni.Sn.Zn.4H. The van der Waals surface area contributed by atoms with Gasteiger partial charge in [-0.1, -0.05) is 0 Å². The first kappa shape index (κ1) is 41.7. The van der Waals surface area contributed by atoms with Crippen LogP contribution in [0.4, 0.5) is 0 Å². The predicted octanol–water partition coefficient (Wildman–Crippen LogP) is -1.46. The molecule has 0 rings (SSSR count). The second-order valence-corrected chi connectivity index (χ2v) is 0. The Morgan fingerprint density at radius 1 is 1.00 bits per heavy atom. The molecular weight excluding hydrogens is 414 g/mol. The van der Waals surface area contributed by atoms with Crippen molar-refractivity contribution in [1.82, 2.24) is 0 Å². The van der Waals surface area contributed by atoms with Crippen molar-refractivity contribution in [2.45, 2.75) is 0 Å². The van der Waals surface area contributed by atoms with Gasteiger partial charge in [-0.25, -0.2) is 0 Å². The van der Waals surface area contributed by atoms with Crippen LogP contribution in [-0.4, -0.2) is 23.9 Å². The van der Waals surface area contributed by atoms with E-state index in [2.05, 4.69) is 0 Å². The molecule has 0 N–H and O–H groups in total. The van der Waals surface area contributed by atoms with E-state index in [1.54, 1.807) is 0 Å². The van der Waals surface area contributed by atoms with Crippen molar-refractivity contribution >= 4 is 23.9 Å². The van der Waals surface area contributed by atoms with E-state index in [9.17, 15) is 0 Å². The fourth-order valence-corrected chi connectivity index (χ4v) is 0. The first-order chi connectivity index (χ1) is 0. The van der Waals surface area contributed by atoms with Crippen LogP contribution in [-0.2, 0) is 75.4 Å². The van der Waals surface area contributed by atoms with Crippen LogP contribution < -0.4 is 0 Å². The topological polar surface area (TPSA) is 0 Å². The number of hydrogen-bond acceptors (Lipinski definition) is 0. The first-order valence-corrected chi connectivity index (χ1v) is 0. The molecule has 0 spiro atoms. The van der Waals surface area contributed by atoms with E-state index < -0.39 is 0 Å². The summed E-state index contributed by atoms with van der Waals surface area (Å²) >= 11 is 0. The average Bonchev–Trinajstić information content (AvgIpc) is 0. The monoisotopic (exact) mass is 416 g/mol. The minimum Gasteiger partial charge on any atom is 0 e. The van der Waals surface area contributed by atoms with Crippen LogP contribution in [0.2, 0.25) is 0 Å². The van der Waals surface area contributed by atoms with E-state index in [1.165, 1.54) is 0 Å². The molecule has 0 aromatic heterocycles. The van der Waals surface area contributed by atoms with E-state index >= 15 is 0 Å². The molecule has 0 fully saturated rings. The molecule has 0 saturated carbocycles. The van der Waals surface area contributed by atoms with E-state index in [1.807, 2.05) is 0 Å². The number of rotatable bonds is 0. The predicted molar refractivity (Wildman–Crippen MR) is 11.3 cm³/mol. The van der Waals surface area contributed by atoms with Crippen LogP contribution >= 0.6 is 0 Å². The molecule has 42 valence electrons. The maximum Gasteiger partial charge on any atom is 0 e. The van der Waals surface area contributed by atoms with Gasteiger partial charge in [-0.2, -0.15) is 0 Å². The van der Waals surface area contributed by atoms with Gasteiger partial charge < -0.3 is 0 Å². The van der Waals surface area contributed by atoms with Gasteiger partial charge in [0.05, 0.1) is 0 Å². The van der Waals surface area contributed by atoms with Gasteiger partial charge in [-0.05, 0) is 0 Å². The van der Waals surface area contributed by atoms with Gasteiger partial charge in [-0.15, -0.1) is 0 Å². The maximum absolute atomic E-state index is 0. The van der Waals surface area contributed by atoms with E-state index in [0.29, 0.717) is 0 Å². The molecule has 0 bridgehead atoms. The van der Waals surface area contributed by atoms with Crippen LogP contribution in [0.25, 0.3) is 0 Å². The molecule has 2 radical (unpaired) electrons. The Kier molecular flexibility index (Phi) is 227. The zero-order valence-electron chi connectivity index (χ0n) is 1.63. The molecule has 0 amide bonds. The van der Waals surface area contributed by atoms with Crippen molar-refractivity contribution in [2.75, 3.05) is 0 Å². The van der Waals surface area contributed by atoms with Gasteiger partial charge >= 0.3 is 23.9 Å². The van der Waals surface area contributed by atoms with Crippen LogP contribution in [0.5, 0.6) is 0 Å². The van der Waals surface area contributed by atoms with Gasteiger partial charge in [0.25, 0.3) is 0 Å². The smallest absolute Gasteiger partial charge is 0 e. The molecule has 0 atom stereocenters. The van der Waals surface area contributed by atoms with Crippen molar-refractivity contribution in [3.8, 4) is 0 Å². The molecule has 0 aliphatic heterocycles. The average molecular weight is 418 g/mol. The van der Waals surface area contributed by atoms with Crippen molar-refractivity contribution in [3.63, 3.8) is 0 Å². The van der Waals surface area contributed by atoms with Gasteiger partial charge in [0.1, 0.15) is 0 Å². The quantitative estimate of drug-likeness (QED) is 0.422. The minimum absolute atomic E-state index is 0. The molecule has 0 aliphatic carbocycles. The molecule has 0 heterocycles. The fourth-order valence-electron chi connectivity index (χ4n) is 0. The van der Waals surface area contributed by atoms with E-state index in [0.717, 1.165) is 0 Å². The summed E-state index contributed by atoms with van der Waals surface area (Å²) in [6.45, 7) is 0. The zero-order chi connectivity index (χ0) is 0. The Labute approximate surface area is 97.6 Å². The third-order valence-corrected chi connectivity index (χ3v) is 0. The molecule has 5 heavy (non-hydrogen) atoms. The molecule has 0 unspecified atom stereocenters. The van der Waals surface area contributed by atoms with Crippen molar-refractivity contribution in [1.29, 1.82) is 0 Å². The van der Waals surface area contributed by atoms with Gasteiger partial charge in [-0.3, -0.25) is 0 Å². The van der Waals surface area contributed by atoms with Crippen molar-refractivity contribution < 1.29 is 75.4 Å². The van der Waals surface area contributed by atoms with Crippen molar-refractivity contribution in [2.24, 2.45) is 0 Å². The zero-order valence-corrected chi connectivity index (χ0v) is 8.01. The minimum atomic E-state index is 0. The first-order valence-electron chi connectivity index (χ1n) is 0. The van der Waals surface area contributed by atoms with E-state index in [4.69, 9.17) is 0 Å². The van der Waals surface area contributed by atoms with Crippen LogP contribution in [0, 0.1) is 0 Å². The molecule has 0 aromatic carbocycles. The van der Waals surface area contributed by atoms with Crippen molar-refractivity contribution in [3.05, 3.63) is 0 Å². The molecular formula is H4AgCuNiSnZn. The summed E-state index contributed by atoms with van der Waals surface area (Å²) in [5, 5.41) is 0. The Hall–Kier alpha value is 3.18. The Morgan fingerprint density at radius 3 is 1.00 bits per heavy atom. The third kappa shape index (κ3) is 19.1. The molecule has 0 nitrogen and oxygen atoms in total. The summed E-state index contributed by atoms with van der Waals surface area (Å²) in [5.74, 6) is 0. The largest absolute Gasteiger partial charge is 0 e. The van der Waals surface area contributed by atoms with E-state index in [-0.39, 0.29) is 99.3 Å². The van der Waals surface area contributed by atoms with Crippen LogP contribution in [0.3, 0.4) is 0 Å². The number of hydrogen-bond donors (Lipinski definition) is 0. The molecule has 0 aliphatic rings. The Morgan fingerprint density at radius 2 is 1.00 bits per heavy atom. The third-order valence-electron chi connectivity index (χ3n) is 0. The summed E-state index contributed by atoms with van der Waals surface area (Å²) in [6.07, 6.45) is 0. The summed E-state index contributed by atoms with van der Waals surface area (Å²) in [6, 6.07) is 0. The van der Waals surface area contributed by atoms with Crippen LogP contribution in [0.1, 0.15) is 0 Å². The van der Waals surface area contributed by atoms with Gasteiger partial charge in [0, 0.05) is 75.4 Å². The summed E-state index contributed by atoms with van der Waals surface area (Å²) in [4.78, 5) is 0. The molecule has 0 saturated heterocycles. The second kappa shape index (κ2) is 27.1.